The Bertz CT molecular complexity index is 432. The Morgan fingerprint density at radius 3 is 2.71 bits per heavy atom. The molecule has 0 fully saturated rings. The van der Waals surface area contributed by atoms with Gasteiger partial charge in [0, 0.05) is 0 Å². The fourth-order valence-corrected chi connectivity index (χ4v) is 1.91. The number of hydrazine groups is 1. The number of nitrogens with two attached hydrogens (primary N) is 1. The first-order valence-corrected chi connectivity index (χ1v) is 7.10. The second kappa shape index (κ2) is 10.1. The maximum atomic E-state index is 11.4. The van der Waals surface area contributed by atoms with Crippen molar-refractivity contribution >= 4 is 5.91 Å². The summed E-state index contributed by atoms with van der Waals surface area (Å²) in [6.45, 7) is 2.80. The molecule has 0 aliphatic carbocycles. The largest absolute Gasteiger partial charge is 0.393 e. The minimum Gasteiger partial charge on any atom is -0.393 e. The maximum Gasteiger partial charge on any atom is 0.239 e. The van der Waals surface area contributed by atoms with Crippen molar-refractivity contribution in [1.82, 2.24) is 5.43 Å². The highest BCUT2D eigenvalue weighted by Gasteiger charge is 2.21. The van der Waals surface area contributed by atoms with Crippen LogP contribution in [0.3, 0.4) is 0 Å². The van der Waals surface area contributed by atoms with Crippen molar-refractivity contribution in [3.8, 4) is 0 Å². The van der Waals surface area contributed by atoms with Crippen LogP contribution in [0.25, 0.3) is 0 Å². The SMILES string of the molecule is C[C@H](O)[C@H](C/C=C/CCOCc1ccccc1)C(=O)NN. The lowest BCUT2D eigenvalue weighted by molar-refractivity contribution is -0.128. The summed E-state index contributed by atoms with van der Waals surface area (Å²) in [5.74, 6) is 4.21. The van der Waals surface area contributed by atoms with Gasteiger partial charge in [0.1, 0.15) is 0 Å². The molecule has 0 saturated heterocycles. The molecule has 0 radical (unpaired) electrons. The molecule has 2 atom stereocenters. The third-order valence-corrected chi connectivity index (χ3v) is 3.16. The summed E-state index contributed by atoms with van der Waals surface area (Å²) in [5, 5.41) is 9.51. The van der Waals surface area contributed by atoms with Gasteiger partial charge in [-0.15, -0.1) is 0 Å². The average Bonchev–Trinajstić information content (AvgIpc) is 2.50. The molecule has 0 aliphatic rings. The van der Waals surface area contributed by atoms with Crippen LogP contribution in [0.15, 0.2) is 42.5 Å². The van der Waals surface area contributed by atoms with E-state index in [-0.39, 0.29) is 5.91 Å². The molecule has 0 heterocycles. The predicted molar refractivity (Wildman–Crippen MR) is 82.0 cm³/mol. The number of carbonyl (C=O) groups is 1. The van der Waals surface area contributed by atoms with E-state index >= 15 is 0 Å². The van der Waals surface area contributed by atoms with Gasteiger partial charge in [0.15, 0.2) is 0 Å². The Morgan fingerprint density at radius 2 is 2.10 bits per heavy atom. The van der Waals surface area contributed by atoms with Crippen molar-refractivity contribution in [2.45, 2.75) is 32.5 Å². The van der Waals surface area contributed by atoms with Crippen LogP contribution in [0.5, 0.6) is 0 Å². The monoisotopic (exact) mass is 292 g/mol. The molecule has 1 aromatic rings. The zero-order chi connectivity index (χ0) is 15.5. The summed E-state index contributed by atoms with van der Waals surface area (Å²) in [6, 6.07) is 9.99. The van der Waals surface area contributed by atoms with E-state index in [9.17, 15) is 9.90 Å². The maximum absolute atomic E-state index is 11.4. The van der Waals surface area contributed by atoms with Gasteiger partial charge in [0.25, 0.3) is 0 Å². The average molecular weight is 292 g/mol. The zero-order valence-corrected chi connectivity index (χ0v) is 12.4. The highest BCUT2D eigenvalue weighted by Crippen LogP contribution is 2.10. The number of benzene rings is 1. The van der Waals surface area contributed by atoms with E-state index in [1.807, 2.05) is 42.5 Å². The van der Waals surface area contributed by atoms with Gasteiger partial charge in [0.05, 0.1) is 25.2 Å². The van der Waals surface area contributed by atoms with Crippen LogP contribution in [-0.2, 0) is 16.1 Å². The van der Waals surface area contributed by atoms with Crippen molar-refractivity contribution in [3.63, 3.8) is 0 Å². The fraction of sp³-hybridized carbons (Fsp3) is 0.438. The van der Waals surface area contributed by atoms with Crippen LogP contribution in [0.4, 0.5) is 0 Å². The summed E-state index contributed by atoms with van der Waals surface area (Å²) < 4.78 is 5.54. The number of allylic oxidation sites excluding steroid dienone is 1. The molecule has 1 amide bonds. The van der Waals surface area contributed by atoms with Crippen molar-refractivity contribution in [1.29, 1.82) is 0 Å². The highest BCUT2D eigenvalue weighted by atomic mass is 16.5. The van der Waals surface area contributed by atoms with E-state index in [0.717, 1.165) is 12.0 Å². The Morgan fingerprint density at radius 1 is 1.38 bits per heavy atom. The van der Waals surface area contributed by atoms with Crippen LogP contribution >= 0.6 is 0 Å². The first-order valence-electron chi connectivity index (χ1n) is 7.10. The van der Waals surface area contributed by atoms with E-state index < -0.39 is 12.0 Å². The van der Waals surface area contributed by atoms with Gasteiger partial charge >= 0.3 is 0 Å². The number of nitrogens with one attached hydrogen (secondary N) is 1. The molecule has 0 unspecified atom stereocenters. The number of ether oxygens (including phenoxy) is 1. The molecule has 116 valence electrons. The summed E-state index contributed by atoms with van der Waals surface area (Å²) in [7, 11) is 0. The Kier molecular flexibility index (Phi) is 8.35. The van der Waals surface area contributed by atoms with Gasteiger partial charge in [-0.2, -0.15) is 0 Å². The van der Waals surface area contributed by atoms with Crippen LogP contribution in [0, 0.1) is 5.92 Å². The van der Waals surface area contributed by atoms with Crippen molar-refractivity contribution in [3.05, 3.63) is 48.0 Å². The van der Waals surface area contributed by atoms with E-state index in [4.69, 9.17) is 10.6 Å². The van der Waals surface area contributed by atoms with E-state index in [1.54, 1.807) is 6.92 Å². The Labute approximate surface area is 125 Å². The lowest BCUT2D eigenvalue weighted by atomic mass is 9.98. The summed E-state index contributed by atoms with van der Waals surface area (Å²) >= 11 is 0. The molecule has 1 aromatic carbocycles. The third kappa shape index (κ3) is 7.04. The Hall–Kier alpha value is -1.69. The van der Waals surface area contributed by atoms with Gasteiger partial charge in [-0.1, -0.05) is 42.5 Å². The van der Waals surface area contributed by atoms with Gasteiger partial charge in [-0.25, -0.2) is 5.84 Å². The van der Waals surface area contributed by atoms with Crippen molar-refractivity contribution in [2.24, 2.45) is 11.8 Å². The lowest BCUT2D eigenvalue weighted by Gasteiger charge is -2.15. The second-order valence-electron chi connectivity index (χ2n) is 4.89. The lowest BCUT2D eigenvalue weighted by Crippen LogP contribution is -2.40. The van der Waals surface area contributed by atoms with Crippen LogP contribution in [0.1, 0.15) is 25.3 Å². The van der Waals surface area contributed by atoms with E-state index in [0.29, 0.717) is 19.6 Å². The van der Waals surface area contributed by atoms with Crippen molar-refractivity contribution in [2.75, 3.05) is 6.61 Å². The first-order chi connectivity index (χ1) is 10.1. The molecular weight excluding hydrogens is 268 g/mol. The highest BCUT2D eigenvalue weighted by molar-refractivity contribution is 5.78. The van der Waals surface area contributed by atoms with Crippen LogP contribution < -0.4 is 11.3 Å². The quantitative estimate of drug-likeness (QED) is 0.212. The molecule has 5 nitrogen and oxygen atoms in total. The normalized spacial score (nSPS) is 14.0. The molecule has 0 aromatic heterocycles. The molecule has 0 bridgehead atoms. The van der Waals surface area contributed by atoms with E-state index in [2.05, 4.69) is 5.43 Å². The standard InChI is InChI=1S/C16H24N2O3/c1-13(19)15(16(20)18-17)10-6-3-7-11-21-12-14-8-4-2-5-9-14/h2-6,8-9,13,15,19H,7,10-12,17H2,1H3,(H,18,20)/b6-3+/t13-,15-/m0/s1. The number of hydrogen-bond donors (Lipinski definition) is 3. The molecule has 0 aliphatic heterocycles. The number of amides is 1. The van der Waals surface area contributed by atoms with E-state index in [1.165, 1.54) is 0 Å². The van der Waals surface area contributed by atoms with Gasteiger partial charge in [-0.3, -0.25) is 10.2 Å². The smallest absolute Gasteiger partial charge is 0.239 e. The summed E-state index contributed by atoms with van der Waals surface area (Å²) in [5.41, 5.74) is 3.22. The predicted octanol–water partition coefficient (Wildman–Crippen LogP) is 1.53. The van der Waals surface area contributed by atoms with Crippen molar-refractivity contribution < 1.29 is 14.6 Å². The van der Waals surface area contributed by atoms with Crippen LogP contribution in [-0.4, -0.2) is 23.7 Å². The molecule has 0 saturated carbocycles. The fourth-order valence-electron chi connectivity index (χ4n) is 1.91. The number of aliphatic hydroxyl groups excluding tert-OH is 1. The van der Waals surface area contributed by atoms with Crippen LogP contribution in [0.2, 0.25) is 0 Å². The topological polar surface area (TPSA) is 84.6 Å². The molecule has 21 heavy (non-hydrogen) atoms. The summed E-state index contributed by atoms with van der Waals surface area (Å²) in [6.07, 6.45) is 4.32. The number of hydrogen-bond acceptors (Lipinski definition) is 4. The minimum absolute atomic E-state index is 0.352. The van der Waals surface area contributed by atoms with Gasteiger partial charge in [-0.05, 0) is 25.3 Å². The second-order valence-corrected chi connectivity index (χ2v) is 4.89. The van der Waals surface area contributed by atoms with Gasteiger partial charge in [0.2, 0.25) is 5.91 Å². The minimum atomic E-state index is -0.729. The number of aliphatic hydroxyl groups is 1. The Balaban J connectivity index is 2.18. The molecular formula is C16H24N2O3. The number of rotatable bonds is 9. The molecule has 5 heteroatoms. The molecule has 4 N–H and O–H groups in total. The summed E-state index contributed by atoms with van der Waals surface area (Å²) in [4.78, 5) is 11.4. The first kappa shape index (κ1) is 17.4. The third-order valence-electron chi connectivity index (χ3n) is 3.16. The number of carbonyl (C=O) groups excluding carboxylic acids is 1. The molecule has 0 spiro atoms. The molecule has 1 rings (SSSR count). The van der Waals surface area contributed by atoms with Gasteiger partial charge < -0.3 is 9.84 Å². The zero-order valence-electron chi connectivity index (χ0n) is 12.4.